The minimum absolute atomic E-state index is 0.220. The third kappa shape index (κ3) is 18.8. The number of fused-ring (bicyclic) bond motifs is 6. The van der Waals surface area contributed by atoms with E-state index in [9.17, 15) is 10.2 Å². The van der Waals surface area contributed by atoms with Crippen LogP contribution in [0.3, 0.4) is 0 Å². The summed E-state index contributed by atoms with van der Waals surface area (Å²) >= 11 is 0. The average Bonchev–Trinajstić information content (AvgIpc) is 0.752. The highest BCUT2D eigenvalue weighted by atomic mass is 16.5. The van der Waals surface area contributed by atoms with E-state index in [0.717, 1.165) is 123 Å². The van der Waals surface area contributed by atoms with E-state index in [1.807, 2.05) is 12.1 Å². The Kier molecular flexibility index (Phi) is 27.1. The van der Waals surface area contributed by atoms with Crippen molar-refractivity contribution < 1.29 is 38.6 Å². The first kappa shape index (κ1) is 75.0. The molecule has 0 amide bonds. The maximum Gasteiger partial charge on any atom is 0.127 e. The lowest BCUT2D eigenvalue weighted by Gasteiger charge is -2.46. The van der Waals surface area contributed by atoms with Gasteiger partial charge >= 0.3 is 0 Å². The van der Waals surface area contributed by atoms with Gasteiger partial charge in [-0.25, -0.2) is 0 Å². The summed E-state index contributed by atoms with van der Waals surface area (Å²) < 4.78 is 40.4. The summed E-state index contributed by atoms with van der Waals surface area (Å²) in [6, 6.07) is 17.7. The summed E-state index contributed by atoms with van der Waals surface area (Å²) in [5, 5.41) is 23.2. The van der Waals surface area contributed by atoms with Crippen LogP contribution in [0.2, 0.25) is 0 Å². The Morgan fingerprint density at radius 2 is 0.740 bits per heavy atom. The zero-order valence-electron chi connectivity index (χ0n) is 63.3. The number of benzene rings is 4. The minimum Gasteiger partial charge on any atom is -0.508 e. The lowest BCUT2D eigenvalue weighted by atomic mass is 9.67. The fourth-order valence-electron chi connectivity index (χ4n) is 18.2. The van der Waals surface area contributed by atoms with Gasteiger partial charge in [-0.15, -0.1) is 0 Å². The van der Waals surface area contributed by atoms with Crippen LogP contribution in [0, 0.1) is 47.3 Å². The lowest BCUT2D eigenvalue weighted by Crippen LogP contribution is -2.45. The molecule has 2 fully saturated rings. The van der Waals surface area contributed by atoms with Crippen molar-refractivity contribution in [1.29, 1.82) is 0 Å². The Hall–Kier alpha value is -5.24. The number of hydrogen-bond donors (Lipinski definition) is 2. The molecule has 0 radical (unpaired) electrons. The van der Waals surface area contributed by atoms with Gasteiger partial charge in [-0.3, -0.25) is 0 Å². The number of hydrogen-bond acceptors (Lipinski definition) is 8. The van der Waals surface area contributed by atoms with Gasteiger partial charge in [-0.2, -0.15) is 0 Å². The van der Waals surface area contributed by atoms with Gasteiger partial charge in [0, 0.05) is 45.9 Å². The molecule has 10 rings (SSSR count). The Balaban J connectivity index is 0.000000225. The zero-order chi connectivity index (χ0) is 68.8. The van der Waals surface area contributed by atoms with Crippen molar-refractivity contribution in [3.63, 3.8) is 0 Å². The van der Waals surface area contributed by atoms with Gasteiger partial charge in [0.1, 0.15) is 83.6 Å². The van der Waals surface area contributed by atoms with Crippen molar-refractivity contribution in [3.05, 3.63) is 116 Å². The van der Waals surface area contributed by atoms with E-state index in [1.54, 1.807) is 0 Å². The van der Waals surface area contributed by atoms with Gasteiger partial charge < -0.3 is 38.6 Å². The highest BCUT2D eigenvalue weighted by Crippen LogP contribution is 2.57. The predicted octanol–water partition coefficient (Wildman–Crippen LogP) is 24.2. The average molecular weight is 1320 g/mol. The number of rotatable bonds is 30. The van der Waals surface area contributed by atoms with Crippen molar-refractivity contribution in [3.8, 4) is 46.0 Å². The van der Waals surface area contributed by atoms with Crippen molar-refractivity contribution in [2.45, 2.75) is 313 Å². The second-order valence-corrected chi connectivity index (χ2v) is 32.9. The van der Waals surface area contributed by atoms with Gasteiger partial charge in [0.25, 0.3) is 0 Å². The maximum atomic E-state index is 11.6. The molecule has 10 atom stereocenters. The van der Waals surface area contributed by atoms with Crippen molar-refractivity contribution >= 4 is 0 Å². The molecule has 2 saturated carbocycles. The molecular weight excluding hydrogens is 1180 g/mol. The Morgan fingerprint density at radius 3 is 1.05 bits per heavy atom. The van der Waals surface area contributed by atoms with E-state index in [-0.39, 0.29) is 11.2 Å². The maximum absolute atomic E-state index is 11.6. The van der Waals surface area contributed by atoms with Crippen LogP contribution in [0.4, 0.5) is 0 Å². The van der Waals surface area contributed by atoms with Crippen LogP contribution >= 0.6 is 0 Å². The molecule has 2 aliphatic heterocycles. The largest absolute Gasteiger partial charge is 0.508 e. The molecule has 4 aliphatic carbocycles. The predicted molar refractivity (Wildman–Crippen MR) is 400 cm³/mol. The van der Waals surface area contributed by atoms with Gasteiger partial charge in [-0.1, -0.05) is 157 Å². The van der Waals surface area contributed by atoms with Crippen LogP contribution in [0.5, 0.6) is 46.0 Å². The molecular formula is C88H132O8. The molecule has 532 valence electrons. The number of ether oxygens (including phenoxy) is 6. The zero-order valence-corrected chi connectivity index (χ0v) is 63.3. The van der Waals surface area contributed by atoms with E-state index < -0.39 is 0 Å². The van der Waals surface area contributed by atoms with Gasteiger partial charge in [0.05, 0.1) is 0 Å². The number of phenols is 2. The molecule has 2 heterocycles. The van der Waals surface area contributed by atoms with Crippen LogP contribution in [-0.4, -0.2) is 47.8 Å². The fourth-order valence-corrected chi connectivity index (χ4v) is 18.2. The minimum atomic E-state index is -0.220. The summed E-state index contributed by atoms with van der Waals surface area (Å²) in [5.74, 6) is 12.0. The number of phenolic OH excluding ortho intramolecular Hbond substituents is 2. The molecule has 0 saturated heterocycles. The lowest BCUT2D eigenvalue weighted by molar-refractivity contribution is 0.00999. The van der Waals surface area contributed by atoms with Crippen LogP contribution in [0.1, 0.15) is 320 Å². The molecule has 2 N–H and O–H groups in total. The first-order valence-corrected chi connectivity index (χ1v) is 39.3. The number of aryl methyl sites for hydroxylation is 4. The van der Waals surface area contributed by atoms with Gasteiger partial charge in [-0.05, 0) is 262 Å². The Morgan fingerprint density at radius 1 is 0.427 bits per heavy atom. The van der Waals surface area contributed by atoms with Crippen molar-refractivity contribution in [2.24, 2.45) is 47.3 Å². The standard InChI is InChI=1S/2C44H66O4/c2*1-9-11-13-15-32-25-38(45)42(35-23-30(5)17-19-34(35)29(3)4)39(26-32)46-21-22-47-40-27-33(16-14-12-10-2)28-41-43(40)36-24-31(6)18-20-37(36)44(7,8)48-41/h2*24-30,34-37,45H,9-23H2,1-8H3/t30-,34+,35-,36-,37-;30-,34-,35+,36+,37+/m10/s1. The monoisotopic (exact) mass is 1320 g/mol. The topological polar surface area (TPSA) is 95.8 Å². The van der Waals surface area contributed by atoms with Crippen molar-refractivity contribution in [2.75, 3.05) is 26.4 Å². The van der Waals surface area contributed by atoms with Crippen LogP contribution in [-0.2, 0) is 25.7 Å². The van der Waals surface area contributed by atoms with E-state index in [0.29, 0.717) is 109 Å². The van der Waals surface area contributed by atoms with Gasteiger partial charge in [0.15, 0.2) is 0 Å². The second-order valence-electron chi connectivity index (χ2n) is 32.9. The number of allylic oxidation sites excluding steroid dienone is 4. The molecule has 96 heavy (non-hydrogen) atoms. The smallest absolute Gasteiger partial charge is 0.127 e. The molecule has 4 aromatic carbocycles. The molecule has 6 aliphatic rings. The first-order valence-electron chi connectivity index (χ1n) is 39.3. The normalized spacial score (nSPS) is 24.8. The van der Waals surface area contributed by atoms with Gasteiger partial charge in [0.2, 0.25) is 0 Å². The quantitative estimate of drug-likeness (QED) is 0.0394. The van der Waals surface area contributed by atoms with E-state index in [4.69, 9.17) is 28.4 Å². The SMILES string of the molecule is CCCCCc1cc(OCCOc2cc(CCCCC)cc(O)c2[C@@H]2C[C@@H](C)CC[C@H]2C(C)C)c2c(c1)OC(C)(C)[C@@H]1CCC(C)=C[C@@H]21.CCCCCc1cc(OCCOc2cc(CCCCC)cc(O)c2[C@@H]2C[C@H](C)CC[C@H]2C(C)C)c2c(c1)OC(C)(C)[C@@H]1CCC(C)=C[C@@H]21. The Bertz CT molecular complexity index is 2980. The summed E-state index contributed by atoms with van der Waals surface area (Å²) in [7, 11) is 0. The summed E-state index contributed by atoms with van der Waals surface area (Å²) in [6.45, 7) is 38.4. The molecule has 8 heteroatoms. The summed E-state index contributed by atoms with van der Waals surface area (Å²) in [6.07, 6.45) is 34.8. The summed E-state index contributed by atoms with van der Waals surface area (Å²) in [4.78, 5) is 0. The molecule has 0 spiro atoms. The fraction of sp³-hybridized carbons (Fsp3) is 0.682. The van der Waals surface area contributed by atoms with Crippen LogP contribution < -0.4 is 28.4 Å². The highest BCUT2D eigenvalue weighted by Gasteiger charge is 2.48. The summed E-state index contributed by atoms with van der Waals surface area (Å²) in [5.41, 5.74) is 11.9. The van der Waals surface area contributed by atoms with Crippen LogP contribution in [0.25, 0.3) is 0 Å². The number of aromatic hydroxyl groups is 2. The third-order valence-corrected chi connectivity index (χ3v) is 23.6. The van der Waals surface area contributed by atoms with Crippen molar-refractivity contribution in [1.82, 2.24) is 0 Å². The second kappa shape index (κ2) is 34.7. The van der Waals surface area contributed by atoms with E-state index in [1.165, 1.54) is 134 Å². The molecule has 8 nitrogen and oxygen atoms in total. The molecule has 0 unspecified atom stereocenters. The van der Waals surface area contributed by atoms with E-state index >= 15 is 0 Å². The Labute approximate surface area is 584 Å². The van der Waals surface area contributed by atoms with E-state index in [2.05, 4.69) is 159 Å². The first-order chi connectivity index (χ1) is 46.0. The molecule has 0 bridgehead atoms. The molecule has 0 aromatic heterocycles. The highest BCUT2D eigenvalue weighted by molar-refractivity contribution is 5.57. The number of unbranched alkanes of at least 4 members (excludes halogenated alkanes) is 8. The van der Waals surface area contributed by atoms with Crippen LogP contribution in [0.15, 0.2) is 71.8 Å². The third-order valence-electron chi connectivity index (χ3n) is 23.6. The molecule has 4 aromatic rings.